The molecule has 0 saturated heterocycles. The molecule has 1 aromatic rings. The van der Waals surface area contributed by atoms with E-state index in [-0.39, 0.29) is 0 Å². The lowest BCUT2D eigenvalue weighted by Crippen LogP contribution is -2.26. The van der Waals surface area contributed by atoms with E-state index in [0.717, 1.165) is 10.9 Å². The van der Waals surface area contributed by atoms with Gasteiger partial charge in [0.15, 0.2) is 0 Å². The first kappa shape index (κ1) is 12.6. The van der Waals surface area contributed by atoms with E-state index in [0.29, 0.717) is 11.9 Å². The lowest BCUT2D eigenvalue weighted by Gasteiger charge is -2.21. The number of hydrogen-bond acceptors (Lipinski definition) is 4. The van der Waals surface area contributed by atoms with Crippen molar-refractivity contribution in [3.05, 3.63) is 18.3 Å². The molecule has 1 fully saturated rings. The lowest BCUT2D eigenvalue weighted by atomic mass is 10.2. The molecule has 4 heteroatoms. The molecule has 1 aromatic heterocycles. The van der Waals surface area contributed by atoms with E-state index in [1.807, 2.05) is 12.1 Å². The van der Waals surface area contributed by atoms with Gasteiger partial charge in [0.25, 0.3) is 0 Å². The van der Waals surface area contributed by atoms with Crippen LogP contribution in [0.4, 0.5) is 5.69 Å². The van der Waals surface area contributed by atoms with Crippen molar-refractivity contribution in [3.63, 3.8) is 0 Å². The molecule has 3 nitrogen and oxygen atoms in total. The highest BCUT2D eigenvalue weighted by molar-refractivity contribution is 7.99. The van der Waals surface area contributed by atoms with Gasteiger partial charge in [-0.1, -0.05) is 13.3 Å². The van der Waals surface area contributed by atoms with Gasteiger partial charge in [-0.3, -0.25) is 0 Å². The molecule has 1 aliphatic carbocycles. The van der Waals surface area contributed by atoms with Gasteiger partial charge in [-0.15, -0.1) is 0 Å². The Morgan fingerprint density at radius 1 is 1.53 bits per heavy atom. The minimum atomic E-state index is 0.590. The van der Waals surface area contributed by atoms with Crippen LogP contribution in [0.2, 0.25) is 0 Å². The second-order valence-electron chi connectivity index (χ2n) is 4.26. The summed E-state index contributed by atoms with van der Waals surface area (Å²) in [6, 6.07) is 4.56. The van der Waals surface area contributed by atoms with E-state index in [1.165, 1.54) is 25.0 Å². The topological polar surface area (TPSA) is 34.2 Å². The summed E-state index contributed by atoms with van der Waals surface area (Å²) in [4.78, 5) is 4.12. The number of nitrogens with zero attached hydrogens (tertiary/aromatic N) is 1. The molecule has 0 bridgehead atoms. The number of methoxy groups -OCH3 is 1. The highest BCUT2D eigenvalue weighted by Crippen LogP contribution is 2.32. The van der Waals surface area contributed by atoms with Gasteiger partial charge in [0.2, 0.25) is 5.88 Å². The summed E-state index contributed by atoms with van der Waals surface area (Å²) < 4.78 is 5.14. The average molecular weight is 252 g/mol. The van der Waals surface area contributed by atoms with Crippen molar-refractivity contribution < 1.29 is 4.74 Å². The first-order chi connectivity index (χ1) is 8.33. The van der Waals surface area contributed by atoms with Crippen LogP contribution in [0.25, 0.3) is 0 Å². The number of rotatable bonds is 5. The predicted molar refractivity (Wildman–Crippen MR) is 74.0 cm³/mol. The maximum atomic E-state index is 5.14. The summed E-state index contributed by atoms with van der Waals surface area (Å²) in [7, 11) is 1.65. The van der Waals surface area contributed by atoms with E-state index in [9.17, 15) is 0 Å². The fourth-order valence-electron chi connectivity index (χ4n) is 2.33. The minimum Gasteiger partial charge on any atom is -0.481 e. The van der Waals surface area contributed by atoms with Crippen LogP contribution in [0, 0.1) is 0 Å². The fourth-order valence-corrected chi connectivity index (χ4v) is 3.53. The first-order valence-corrected chi connectivity index (χ1v) is 7.26. The summed E-state index contributed by atoms with van der Waals surface area (Å²) in [5.74, 6) is 1.87. The van der Waals surface area contributed by atoms with E-state index in [1.54, 1.807) is 13.3 Å². The van der Waals surface area contributed by atoms with Crippen LogP contribution in [0.15, 0.2) is 18.3 Å². The molecule has 1 heterocycles. The summed E-state index contributed by atoms with van der Waals surface area (Å²) in [5.41, 5.74) is 1.12. The zero-order valence-electron chi connectivity index (χ0n) is 10.5. The van der Waals surface area contributed by atoms with Gasteiger partial charge in [0, 0.05) is 29.2 Å². The summed E-state index contributed by atoms with van der Waals surface area (Å²) in [5, 5.41) is 4.36. The minimum absolute atomic E-state index is 0.590. The number of aromatic nitrogens is 1. The Bertz CT molecular complexity index is 359. The van der Waals surface area contributed by atoms with Crippen LogP contribution >= 0.6 is 11.8 Å². The van der Waals surface area contributed by atoms with Crippen LogP contribution in [0.5, 0.6) is 5.88 Å². The van der Waals surface area contributed by atoms with Crippen molar-refractivity contribution in [1.29, 1.82) is 0 Å². The van der Waals surface area contributed by atoms with E-state index >= 15 is 0 Å². The molecular formula is C13H20N2OS. The smallest absolute Gasteiger partial charge is 0.214 e. The number of hydrogen-bond donors (Lipinski definition) is 1. The van der Waals surface area contributed by atoms with Crippen LogP contribution in [-0.4, -0.2) is 29.1 Å². The van der Waals surface area contributed by atoms with Gasteiger partial charge in [0.05, 0.1) is 7.11 Å². The molecule has 94 valence electrons. The third-order valence-corrected chi connectivity index (χ3v) is 4.46. The van der Waals surface area contributed by atoms with E-state index in [2.05, 4.69) is 29.0 Å². The summed E-state index contributed by atoms with van der Waals surface area (Å²) in [6.07, 6.45) is 5.72. The first-order valence-electron chi connectivity index (χ1n) is 6.21. The molecule has 0 radical (unpaired) electrons. The Labute approximate surface area is 107 Å². The highest BCUT2D eigenvalue weighted by atomic mass is 32.2. The lowest BCUT2D eigenvalue weighted by molar-refractivity contribution is 0.398. The van der Waals surface area contributed by atoms with Crippen molar-refractivity contribution in [3.8, 4) is 5.88 Å². The number of pyridine rings is 1. The third kappa shape index (κ3) is 3.28. The molecule has 2 atom stereocenters. The molecule has 1 aliphatic rings. The van der Waals surface area contributed by atoms with E-state index < -0.39 is 0 Å². The molecule has 0 spiro atoms. The zero-order chi connectivity index (χ0) is 12.1. The maximum Gasteiger partial charge on any atom is 0.214 e. The predicted octanol–water partition coefficient (Wildman–Crippen LogP) is 3.18. The van der Waals surface area contributed by atoms with Crippen molar-refractivity contribution in [1.82, 2.24) is 4.98 Å². The van der Waals surface area contributed by atoms with Gasteiger partial charge in [0.1, 0.15) is 0 Å². The molecule has 2 rings (SSSR count). The van der Waals surface area contributed by atoms with Gasteiger partial charge in [-0.25, -0.2) is 4.98 Å². The maximum absolute atomic E-state index is 5.14. The van der Waals surface area contributed by atoms with Gasteiger partial charge in [-0.05, 0) is 24.7 Å². The van der Waals surface area contributed by atoms with Crippen LogP contribution in [0.3, 0.4) is 0 Å². The molecular weight excluding hydrogens is 232 g/mol. The Kier molecular flexibility index (Phi) is 4.54. The van der Waals surface area contributed by atoms with Crippen molar-refractivity contribution in [2.24, 2.45) is 0 Å². The Balaban J connectivity index is 1.99. The standard InChI is InChI=1S/C13H20N2OS/c1-3-17-12-6-4-5-11(12)15-10-7-8-14-13(9-10)16-2/h7-9,11-12H,3-6H2,1-2H3,(H,14,15). The highest BCUT2D eigenvalue weighted by Gasteiger charge is 2.26. The normalized spacial score (nSPS) is 23.6. The molecule has 1 N–H and O–H groups in total. The SMILES string of the molecule is CCSC1CCCC1Nc1ccnc(OC)c1. The Hall–Kier alpha value is -0.900. The van der Waals surface area contributed by atoms with Crippen molar-refractivity contribution in [2.75, 3.05) is 18.2 Å². The number of nitrogens with one attached hydrogen (secondary N) is 1. The quantitative estimate of drug-likeness (QED) is 0.872. The monoisotopic (exact) mass is 252 g/mol. The van der Waals surface area contributed by atoms with Gasteiger partial charge < -0.3 is 10.1 Å². The molecule has 0 aliphatic heterocycles. The van der Waals surface area contributed by atoms with Gasteiger partial charge >= 0.3 is 0 Å². The number of thioether (sulfide) groups is 1. The van der Waals surface area contributed by atoms with Gasteiger partial charge in [-0.2, -0.15) is 11.8 Å². The second-order valence-corrected chi connectivity index (χ2v) is 5.78. The Morgan fingerprint density at radius 3 is 3.18 bits per heavy atom. The summed E-state index contributed by atoms with van der Waals surface area (Å²) in [6.45, 7) is 2.23. The Morgan fingerprint density at radius 2 is 2.41 bits per heavy atom. The van der Waals surface area contributed by atoms with Crippen LogP contribution in [-0.2, 0) is 0 Å². The average Bonchev–Trinajstić information content (AvgIpc) is 2.78. The number of anilines is 1. The van der Waals surface area contributed by atoms with Crippen LogP contribution < -0.4 is 10.1 Å². The molecule has 17 heavy (non-hydrogen) atoms. The fraction of sp³-hybridized carbons (Fsp3) is 0.615. The van der Waals surface area contributed by atoms with Crippen molar-refractivity contribution in [2.45, 2.75) is 37.5 Å². The molecule has 0 aromatic carbocycles. The molecule has 1 saturated carbocycles. The van der Waals surface area contributed by atoms with Crippen LogP contribution in [0.1, 0.15) is 26.2 Å². The zero-order valence-corrected chi connectivity index (χ0v) is 11.3. The molecule has 0 amide bonds. The number of ether oxygens (including phenoxy) is 1. The second kappa shape index (κ2) is 6.15. The summed E-state index contributed by atoms with van der Waals surface area (Å²) >= 11 is 2.07. The largest absolute Gasteiger partial charge is 0.481 e. The van der Waals surface area contributed by atoms with Crippen molar-refractivity contribution >= 4 is 17.4 Å². The third-order valence-electron chi connectivity index (χ3n) is 3.13. The molecule has 2 unspecified atom stereocenters. The van der Waals surface area contributed by atoms with E-state index in [4.69, 9.17) is 4.74 Å².